The van der Waals surface area contributed by atoms with Gasteiger partial charge in [0.05, 0.1) is 12.2 Å². The number of aromatic nitrogens is 1. The molecule has 6 nitrogen and oxygen atoms in total. The highest BCUT2D eigenvalue weighted by atomic mass is 79.9. The number of carbonyl (C=O) groups is 1. The van der Waals surface area contributed by atoms with E-state index in [1.807, 2.05) is 0 Å². The van der Waals surface area contributed by atoms with Crippen LogP contribution in [0.25, 0.3) is 0 Å². The van der Waals surface area contributed by atoms with Crippen molar-refractivity contribution in [1.82, 2.24) is 9.88 Å². The van der Waals surface area contributed by atoms with Gasteiger partial charge in [-0.25, -0.2) is 9.78 Å². The number of halogens is 1. The predicted molar refractivity (Wildman–Crippen MR) is 66.1 cm³/mol. The number of nitrogens with zero attached hydrogens (tertiary/aromatic N) is 2. The van der Waals surface area contributed by atoms with Crippen molar-refractivity contribution in [2.45, 2.75) is 18.1 Å². The lowest BCUT2D eigenvalue weighted by atomic mass is 9.85. The largest absolute Gasteiger partial charge is 0.465 e. The van der Waals surface area contributed by atoms with Crippen LogP contribution in [0.15, 0.2) is 22.8 Å². The molecule has 2 atom stereocenters. The Hall–Kier alpha value is -1.18. The highest BCUT2D eigenvalue weighted by Gasteiger charge is 2.44. The summed E-state index contributed by atoms with van der Waals surface area (Å²) in [7, 11) is 0. The lowest BCUT2D eigenvalue weighted by molar-refractivity contribution is -0.122. The number of hydrogen-bond donors (Lipinski definition) is 3. The van der Waals surface area contributed by atoms with Crippen molar-refractivity contribution in [3.63, 3.8) is 0 Å². The number of β-amino-alcohol motifs (C(OH)–C–C–N with tert-alkyl or cyclic N) is 1. The molecule has 1 saturated heterocycles. The van der Waals surface area contributed by atoms with Crippen LogP contribution < -0.4 is 0 Å². The van der Waals surface area contributed by atoms with Crippen molar-refractivity contribution in [2.24, 2.45) is 0 Å². The Bertz CT molecular complexity index is 470. The van der Waals surface area contributed by atoms with Crippen LogP contribution in [0.2, 0.25) is 0 Å². The van der Waals surface area contributed by atoms with Crippen LogP contribution in [0, 0.1) is 0 Å². The van der Waals surface area contributed by atoms with Gasteiger partial charge < -0.3 is 20.2 Å². The third-order valence-corrected chi connectivity index (χ3v) is 3.58. The molecule has 0 aliphatic carbocycles. The minimum absolute atomic E-state index is 0.115. The number of aliphatic hydroxyl groups is 2. The van der Waals surface area contributed by atoms with Crippen LogP contribution in [-0.2, 0) is 5.60 Å². The molecule has 1 amide bonds. The Balaban J connectivity index is 2.25. The quantitative estimate of drug-likeness (QED) is 0.666. The Morgan fingerprint density at radius 3 is 2.83 bits per heavy atom. The first-order valence-corrected chi connectivity index (χ1v) is 6.24. The van der Waals surface area contributed by atoms with E-state index in [2.05, 4.69) is 20.9 Å². The van der Waals surface area contributed by atoms with Gasteiger partial charge >= 0.3 is 6.09 Å². The molecular formula is C11H13BrN2O4. The van der Waals surface area contributed by atoms with Crippen molar-refractivity contribution < 1.29 is 20.1 Å². The molecule has 1 aliphatic heterocycles. The number of pyridine rings is 1. The van der Waals surface area contributed by atoms with Gasteiger partial charge in [0.25, 0.3) is 0 Å². The highest BCUT2D eigenvalue weighted by molar-refractivity contribution is 9.10. The third kappa shape index (κ3) is 2.33. The van der Waals surface area contributed by atoms with E-state index in [1.165, 1.54) is 0 Å². The van der Waals surface area contributed by atoms with Crippen molar-refractivity contribution in [1.29, 1.82) is 0 Å². The van der Waals surface area contributed by atoms with E-state index < -0.39 is 17.8 Å². The first kappa shape index (κ1) is 13.3. The number of piperidine rings is 1. The van der Waals surface area contributed by atoms with E-state index in [-0.39, 0.29) is 19.5 Å². The molecular weight excluding hydrogens is 304 g/mol. The van der Waals surface area contributed by atoms with Gasteiger partial charge in [-0.3, -0.25) is 0 Å². The van der Waals surface area contributed by atoms with Gasteiger partial charge in [-0.05, 0) is 28.1 Å². The van der Waals surface area contributed by atoms with E-state index >= 15 is 0 Å². The standard InChI is InChI=1S/C11H13BrN2O4/c12-9-3-1-2-7(13-9)11(18)4-5-14(10(16)17)6-8(11)15/h1-3,8,15,18H,4-6H2,(H,16,17)/t8-,11-/m0/s1. The Kier molecular flexibility index (Phi) is 3.56. The van der Waals surface area contributed by atoms with Gasteiger partial charge in [0.1, 0.15) is 16.3 Å². The molecule has 0 spiro atoms. The first-order valence-electron chi connectivity index (χ1n) is 5.45. The molecule has 2 rings (SSSR count). The van der Waals surface area contributed by atoms with Gasteiger partial charge in [0.15, 0.2) is 0 Å². The van der Waals surface area contributed by atoms with Crippen molar-refractivity contribution in [3.8, 4) is 0 Å². The number of rotatable bonds is 1. The normalized spacial score (nSPS) is 28.2. The summed E-state index contributed by atoms with van der Waals surface area (Å²) in [6.45, 7) is 0.0388. The summed E-state index contributed by atoms with van der Waals surface area (Å²) in [5.41, 5.74) is -1.16. The first-order chi connectivity index (χ1) is 8.43. The fourth-order valence-corrected chi connectivity index (χ4v) is 2.39. The van der Waals surface area contributed by atoms with Gasteiger partial charge in [-0.15, -0.1) is 0 Å². The second-order valence-corrected chi connectivity index (χ2v) is 5.08. The predicted octanol–water partition coefficient (Wildman–Crippen LogP) is 0.776. The summed E-state index contributed by atoms with van der Waals surface area (Å²) in [5, 5.41) is 29.3. The van der Waals surface area contributed by atoms with Gasteiger partial charge in [-0.2, -0.15) is 0 Å². The van der Waals surface area contributed by atoms with E-state index in [4.69, 9.17) is 5.11 Å². The van der Waals surface area contributed by atoms with Crippen LogP contribution >= 0.6 is 15.9 Å². The summed E-state index contributed by atoms with van der Waals surface area (Å²) in [4.78, 5) is 16.0. The van der Waals surface area contributed by atoms with Gasteiger partial charge in [0.2, 0.25) is 0 Å². The minimum atomic E-state index is -1.50. The Morgan fingerprint density at radius 2 is 2.28 bits per heavy atom. The summed E-state index contributed by atoms with van der Waals surface area (Å²) in [6, 6.07) is 5.04. The average Bonchev–Trinajstić information content (AvgIpc) is 2.32. The molecule has 0 saturated carbocycles. The fraction of sp³-hybridized carbons (Fsp3) is 0.455. The van der Waals surface area contributed by atoms with Crippen LogP contribution in [-0.4, -0.2) is 50.5 Å². The number of carboxylic acid groups (broad SMARTS) is 1. The van der Waals surface area contributed by atoms with E-state index in [9.17, 15) is 15.0 Å². The molecule has 1 fully saturated rings. The zero-order chi connectivity index (χ0) is 13.3. The summed E-state index contributed by atoms with van der Waals surface area (Å²) >= 11 is 3.20. The zero-order valence-electron chi connectivity index (χ0n) is 9.45. The van der Waals surface area contributed by atoms with Crippen molar-refractivity contribution in [2.75, 3.05) is 13.1 Å². The average molecular weight is 317 g/mol. The maximum absolute atomic E-state index is 10.8. The summed E-state index contributed by atoms with van der Waals surface area (Å²) < 4.78 is 0.557. The van der Waals surface area contributed by atoms with Crippen LogP contribution in [0.4, 0.5) is 4.79 Å². The molecule has 2 heterocycles. The topological polar surface area (TPSA) is 93.9 Å². The molecule has 0 aromatic carbocycles. The molecule has 3 N–H and O–H groups in total. The molecule has 0 bridgehead atoms. The lowest BCUT2D eigenvalue weighted by Gasteiger charge is -2.40. The number of amides is 1. The molecule has 0 unspecified atom stereocenters. The molecule has 7 heteroatoms. The van der Waals surface area contributed by atoms with Crippen LogP contribution in [0.5, 0.6) is 0 Å². The van der Waals surface area contributed by atoms with E-state index in [1.54, 1.807) is 18.2 Å². The summed E-state index contributed by atoms with van der Waals surface area (Å²) in [6.07, 6.45) is -2.17. The zero-order valence-corrected chi connectivity index (χ0v) is 11.0. The second kappa shape index (κ2) is 4.83. The van der Waals surface area contributed by atoms with Crippen molar-refractivity contribution >= 4 is 22.0 Å². The van der Waals surface area contributed by atoms with Gasteiger partial charge in [0, 0.05) is 13.0 Å². The Labute approximate surface area is 112 Å². The third-order valence-electron chi connectivity index (χ3n) is 3.14. The fourth-order valence-electron chi connectivity index (χ4n) is 2.04. The molecule has 1 aromatic heterocycles. The highest BCUT2D eigenvalue weighted by Crippen LogP contribution is 2.32. The van der Waals surface area contributed by atoms with Gasteiger partial charge in [-0.1, -0.05) is 6.07 Å². The van der Waals surface area contributed by atoms with E-state index in [0.717, 1.165) is 4.90 Å². The SMILES string of the molecule is O=C(O)N1CC[C@](O)(c2cccc(Br)n2)[C@@H](O)C1. The lowest BCUT2D eigenvalue weighted by Crippen LogP contribution is -2.55. The number of likely N-dealkylation sites (tertiary alicyclic amines) is 1. The number of aliphatic hydroxyl groups excluding tert-OH is 1. The molecule has 1 aromatic rings. The monoisotopic (exact) mass is 316 g/mol. The maximum Gasteiger partial charge on any atom is 0.407 e. The Morgan fingerprint density at radius 1 is 1.56 bits per heavy atom. The minimum Gasteiger partial charge on any atom is -0.465 e. The molecule has 0 radical (unpaired) electrons. The van der Waals surface area contributed by atoms with Crippen LogP contribution in [0.1, 0.15) is 12.1 Å². The maximum atomic E-state index is 10.8. The molecule has 18 heavy (non-hydrogen) atoms. The van der Waals surface area contributed by atoms with Crippen molar-refractivity contribution in [3.05, 3.63) is 28.5 Å². The summed E-state index contributed by atoms with van der Waals surface area (Å²) in [5.74, 6) is 0. The number of hydrogen-bond acceptors (Lipinski definition) is 4. The second-order valence-electron chi connectivity index (χ2n) is 4.26. The molecule has 1 aliphatic rings. The molecule has 98 valence electrons. The van der Waals surface area contributed by atoms with Crippen LogP contribution in [0.3, 0.4) is 0 Å². The van der Waals surface area contributed by atoms with E-state index in [0.29, 0.717) is 10.3 Å². The smallest absolute Gasteiger partial charge is 0.407 e.